The Bertz CT molecular complexity index is 1350. The number of fused-ring (bicyclic) bond motifs is 1. The number of amides is 1. The highest BCUT2D eigenvalue weighted by atomic mass is 35.5. The Morgan fingerprint density at radius 3 is 2.58 bits per heavy atom. The summed E-state index contributed by atoms with van der Waals surface area (Å²) in [5.41, 5.74) is 3.53. The minimum atomic E-state index is -0.282. The number of hydrogen-bond donors (Lipinski definition) is 2. The number of rotatable bonds is 7. The first-order valence-electron chi connectivity index (χ1n) is 11.3. The minimum absolute atomic E-state index is 0. The molecule has 0 unspecified atom stereocenters. The highest BCUT2D eigenvalue weighted by molar-refractivity contribution is 7.17. The number of likely N-dealkylation sites (N-methyl/N-ethyl adjacent to an activating group) is 1. The van der Waals surface area contributed by atoms with Crippen molar-refractivity contribution in [2.45, 2.75) is 0 Å². The number of benzene rings is 2. The van der Waals surface area contributed by atoms with Crippen LogP contribution in [0.15, 0.2) is 72.6 Å². The van der Waals surface area contributed by atoms with Gasteiger partial charge in [0.1, 0.15) is 10.4 Å². The molecule has 10 heteroatoms. The number of nitrogens with zero attached hydrogens (tertiary/aromatic N) is 4. The maximum atomic E-state index is 11.6. The van der Waals surface area contributed by atoms with Gasteiger partial charge in [-0.05, 0) is 61.0 Å². The summed E-state index contributed by atoms with van der Waals surface area (Å²) in [4.78, 5) is 25.7. The summed E-state index contributed by atoms with van der Waals surface area (Å²) in [5.74, 6) is 1.18. The predicted octanol–water partition coefficient (Wildman–Crippen LogP) is 5.53. The second-order valence-corrected chi connectivity index (χ2v) is 9.19. The van der Waals surface area contributed by atoms with Crippen LogP contribution in [-0.4, -0.2) is 54.0 Å². The molecule has 0 spiro atoms. The van der Waals surface area contributed by atoms with E-state index >= 15 is 0 Å². The second-order valence-electron chi connectivity index (χ2n) is 8.27. The van der Waals surface area contributed by atoms with Gasteiger partial charge in [-0.15, -0.1) is 23.7 Å². The second kappa shape index (κ2) is 11.4. The zero-order valence-corrected chi connectivity index (χ0v) is 21.4. The Morgan fingerprint density at radius 2 is 1.83 bits per heavy atom. The molecule has 1 fully saturated rings. The molecular formula is C26H27ClN6O2S. The minimum Gasteiger partial charge on any atom is -0.437 e. The van der Waals surface area contributed by atoms with Gasteiger partial charge < -0.3 is 25.2 Å². The maximum absolute atomic E-state index is 11.6. The third kappa shape index (κ3) is 5.93. The highest BCUT2D eigenvalue weighted by Gasteiger charge is 2.15. The average molecular weight is 523 g/mol. The molecule has 0 atom stereocenters. The van der Waals surface area contributed by atoms with E-state index in [0.29, 0.717) is 23.3 Å². The van der Waals surface area contributed by atoms with Crippen molar-refractivity contribution in [2.24, 2.45) is 0 Å². The number of carbonyl (C=O) groups is 1. The lowest BCUT2D eigenvalue weighted by Crippen LogP contribution is -2.44. The third-order valence-electron chi connectivity index (χ3n) is 5.77. The monoisotopic (exact) mass is 522 g/mol. The summed E-state index contributed by atoms with van der Waals surface area (Å²) >= 11 is 1.51. The number of halogens is 1. The lowest BCUT2D eigenvalue weighted by molar-refractivity contribution is -0.111. The molecule has 3 heterocycles. The fourth-order valence-corrected chi connectivity index (χ4v) is 4.61. The quantitative estimate of drug-likeness (QED) is 0.309. The summed E-state index contributed by atoms with van der Waals surface area (Å²) in [5, 5.41) is 8.00. The van der Waals surface area contributed by atoms with E-state index in [0.717, 1.165) is 42.1 Å². The number of aromatic nitrogens is 2. The highest BCUT2D eigenvalue weighted by Crippen LogP contribution is 2.34. The number of thiophene rings is 1. The Morgan fingerprint density at radius 1 is 1.06 bits per heavy atom. The molecule has 1 amide bonds. The number of ether oxygens (including phenoxy) is 1. The van der Waals surface area contributed by atoms with Crippen LogP contribution < -0.4 is 20.3 Å². The van der Waals surface area contributed by atoms with E-state index in [4.69, 9.17) is 4.74 Å². The molecule has 1 aliphatic rings. The van der Waals surface area contributed by atoms with Crippen molar-refractivity contribution in [3.63, 3.8) is 0 Å². The first kappa shape index (κ1) is 25.4. The Kier molecular flexibility index (Phi) is 8.04. The van der Waals surface area contributed by atoms with Gasteiger partial charge in [0.2, 0.25) is 17.7 Å². The normalized spacial score (nSPS) is 13.6. The summed E-state index contributed by atoms with van der Waals surface area (Å²) in [7, 11) is 2.16. The van der Waals surface area contributed by atoms with E-state index in [1.807, 2.05) is 35.7 Å². The zero-order chi connectivity index (χ0) is 24.2. The van der Waals surface area contributed by atoms with Crippen molar-refractivity contribution in [3.05, 3.63) is 72.6 Å². The number of piperazine rings is 1. The van der Waals surface area contributed by atoms with Crippen LogP contribution in [0.25, 0.3) is 10.2 Å². The molecule has 36 heavy (non-hydrogen) atoms. The Labute approximate surface area is 220 Å². The molecule has 4 aromatic rings. The van der Waals surface area contributed by atoms with Crippen LogP contribution in [0.3, 0.4) is 0 Å². The molecule has 8 nitrogen and oxygen atoms in total. The SMILES string of the molecule is C=CC(=O)Nc1cccc(Oc2nc(Nc3ccc(N4CCN(C)CC4)cc3)nc3ccsc23)c1.Cl. The van der Waals surface area contributed by atoms with Crippen molar-refractivity contribution in [1.29, 1.82) is 0 Å². The molecule has 0 saturated carbocycles. The van der Waals surface area contributed by atoms with Gasteiger partial charge in [-0.3, -0.25) is 4.79 Å². The largest absolute Gasteiger partial charge is 0.437 e. The average Bonchev–Trinajstić information content (AvgIpc) is 3.34. The Hall–Kier alpha value is -3.66. The molecule has 2 N–H and O–H groups in total. The van der Waals surface area contributed by atoms with Crippen LogP contribution in [-0.2, 0) is 4.79 Å². The molecule has 1 aliphatic heterocycles. The molecule has 0 bridgehead atoms. The maximum Gasteiger partial charge on any atom is 0.247 e. The lowest BCUT2D eigenvalue weighted by atomic mass is 10.2. The topological polar surface area (TPSA) is 82.6 Å². The van der Waals surface area contributed by atoms with Crippen LogP contribution >= 0.6 is 23.7 Å². The fraction of sp³-hybridized carbons (Fsp3) is 0.192. The summed E-state index contributed by atoms with van der Waals surface area (Å²) in [6, 6.07) is 17.4. The van der Waals surface area contributed by atoms with Crippen LogP contribution in [0, 0.1) is 0 Å². The van der Waals surface area contributed by atoms with Gasteiger partial charge in [0.05, 0.1) is 5.52 Å². The van der Waals surface area contributed by atoms with Crippen LogP contribution in [0.5, 0.6) is 11.6 Å². The molecule has 2 aromatic heterocycles. The third-order valence-corrected chi connectivity index (χ3v) is 6.66. The molecule has 0 radical (unpaired) electrons. The van der Waals surface area contributed by atoms with Crippen molar-refractivity contribution in [2.75, 3.05) is 48.8 Å². The molecule has 2 aromatic carbocycles. The molecule has 5 rings (SSSR count). The molecule has 186 valence electrons. The van der Waals surface area contributed by atoms with Gasteiger partial charge in [0, 0.05) is 49.3 Å². The van der Waals surface area contributed by atoms with E-state index in [2.05, 4.69) is 56.2 Å². The van der Waals surface area contributed by atoms with E-state index < -0.39 is 0 Å². The first-order valence-corrected chi connectivity index (χ1v) is 12.2. The number of hydrogen-bond acceptors (Lipinski definition) is 8. The van der Waals surface area contributed by atoms with Crippen molar-refractivity contribution < 1.29 is 9.53 Å². The van der Waals surface area contributed by atoms with Crippen LogP contribution in [0.4, 0.5) is 23.0 Å². The smallest absolute Gasteiger partial charge is 0.247 e. The molecule has 1 saturated heterocycles. The zero-order valence-electron chi connectivity index (χ0n) is 19.8. The number of carbonyl (C=O) groups excluding carboxylic acids is 1. The van der Waals surface area contributed by atoms with Gasteiger partial charge in [0.25, 0.3) is 0 Å². The standard InChI is InChI=1S/C26H26N6O2S.ClH/c1-3-23(33)27-19-5-4-6-21(17-19)34-25-24-22(11-16-35-24)29-26(30-25)28-18-7-9-20(10-8-18)32-14-12-31(2)13-15-32;/h3-11,16-17H,1,12-15H2,2H3,(H,27,33)(H,28,29,30);1H. The summed E-state index contributed by atoms with van der Waals surface area (Å²) in [6.45, 7) is 7.68. The Balaban J connectivity index is 0.00000304. The van der Waals surface area contributed by atoms with E-state index in [1.54, 1.807) is 12.1 Å². The molecule has 0 aliphatic carbocycles. The summed E-state index contributed by atoms with van der Waals surface area (Å²) < 4.78 is 6.97. The fourth-order valence-electron chi connectivity index (χ4n) is 3.85. The van der Waals surface area contributed by atoms with Crippen LogP contribution in [0.1, 0.15) is 0 Å². The lowest BCUT2D eigenvalue weighted by Gasteiger charge is -2.34. The van der Waals surface area contributed by atoms with Crippen molar-refractivity contribution >= 4 is 62.9 Å². The van der Waals surface area contributed by atoms with Crippen molar-refractivity contribution in [1.82, 2.24) is 14.9 Å². The van der Waals surface area contributed by atoms with Gasteiger partial charge in [-0.1, -0.05) is 12.6 Å². The van der Waals surface area contributed by atoms with Gasteiger partial charge in [-0.2, -0.15) is 4.98 Å². The summed E-state index contributed by atoms with van der Waals surface area (Å²) in [6.07, 6.45) is 1.22. The van der Waals surface area contributed by atoms with Crippen LogP contribution in [0.2, 0.25) is 0 Å². The first-order chi connectivity index (χ1) is 17.1. The molecular weight excluding hydrogens is 496 g/mol. The van der Waals surface area contributed by atoms with Gasteiger partial charge >= 0.3 is 0 Å². The number of nitrogens with one attached hydrogen (secondary N) is 2. The predicted molar refractivity (Wildman–Crippen MR) is 149 cm³/mol. The van der Waals surface area contributed by atoms with Gasteiger partial charge in [0.15, 0.2) is 0 Å². The van der Waals surface area contributed by atoms with E-state index in [-0.39, 0.29) is 18.3 Å². The van der Waals surface area contributed by atoms with Gasteiger partial charge in [-0.25, -0.2) is 4.98 Å². The van der Waals surface area contributed by atoms with Crippen molar-refractivity contribution in [3.8, 4) is 11.6 Å². The van der Waals surface area contributed by atoms with E-state index in [9.17, 15) is 4.79 Å². The number of anilines is 4. The van der Waals surface area contributed by atoms with E-state index in [1.165, 1.54) is 23.1 Å².